The minimum Gasteiger partial charge on any atom is -0.480 e. The molecule has 2 aliphatic rings. The molecule has 0 amide bonds. The predicted molar refractivity (Wildman–Crippen MR) is 86.6 cm³/mol. The molecule has 1 unspecified atom stereocenters. The van der Waals surface area contributed by atoms with Crippen LogP contribution in [0.4, 0.5) is 5.95 Å². The molecule has 122 valence electrons. The van der Waals surface area contributed by atoms with Gasteiger partial charge in [-0.3, -0.25) is 0 Å². The fraction of sp³-hybridized carbons (Fsp3) is 0.692. The molecule has 1 aliphatic carbocycles. The Morgan fingerprint density at radius 1 is 1.41 bits per heavy atom. The Hall–Kier alpha value is -0.930. The summed E-state index contributed by atoms with van der Waals surface area (Å²) < 4.78 is 32.8. The lowest BCUT2D eigenvalue weighted by atomic mass is 10.1. The third kappa shape index (κ3) is 3.52. The van der Waals surface area contributed by atoms with Crippen molar-refractivity contribution in [2.24, 2.45) is 0 Å². The van der Waals surface area contributed by atoms with Crippen molar-refractivity contribution >= 4 is 31.9 Å². The van der Waals surface area contributed by atoms with E-state index in [0.717, 1.165) is 32.2 Å². The molecule has 9 heteroatoms. The van der Waals surface area contributed by atoms with Crippen molar-refractivity contribution in [2.75, 3.05) is 25.1 Å². The van der Waals surface area contributed by atoms with E-state index in [1.807, 2.05) is 4.90 Å². The van der Waals surface area contributed by atoms with Crippen LogP contribution in [0.15, 0.2) is 10.7 Å². The number of hydrogen-bond acceptors (Lipinski definition) is 6. The zero-order valence-electron chi connectivity index (χ0n) is 12.3. The van der Waals surface area contributed by atoms with Crippen LogP contribution in [0.5, 0.6) is 5.88 Å². The van der Waals surface area contributed by atoms with Crippen molar-refractivity contribution in [3.63, 3.8) is 0 Å². The minimum atomic E-state index is -3.16. The van der Waals surface area contributed by atoms with Crippen molar-refractivity contribution in [1.82, 2.24) is 14.7 Å². The highest BCUT2D eigenvalue weighted by Crippen LogP contribution is 2.29. The fourth-order valence-corrected chi connectivity index (χ4v) is 4.56. The van der Waals surface area contributed by atoms with Crippen LogP contribution in [-0.2, 0) is 10.0 Å². The number of anilines is 1. The molecule has 1 aromatic heterocycles. The van der Waals surface area contributed by atoms with E-state index >= 15 is 0 Å². The third-order valence-electron chi connectivity index (χ3n) is 3.89. The van der Waals surface area contributed by atoms with Crippen LogP contribution in [0.2, 0.25) is 0 Å². The van der Waals surface area contributed by atoms with E-state index in [1.54, 1.807) is 13.3 Å². The summed E-state index contributed by atoms with van der Waals surface area (Å²) in [6, 6.07) is -0.0856. The molecule has 1 saturated carbocycles. The second-order valence-corrected chi connectivity index (χ2v) is 8.52. The van der Waals surface area contributed by atoms with Crippen molar-refractivity contribution in [3.05, 3.63) is 10.7 Å². The lowest BCUT2D eigenvalue weighted by Gasteiger charge is -2.33. The highest BCUT2D eigenvalue weighted by Gasteiger charge is 2.37. The van der Waals surface area contributed by atoms with Crippen LogP contribution >= 0.6 is 15.9 Å². The van der Waals surface area contributed by atoms with Gasteiger partial charge in [-0.25, -0.2) is 18.1 Å². The molecule has 1 atom stereocenters. The Morgan fingerprint density at radius 3 is 2.86 bits per heavy atom. The van der Waals surface area contributed by atoms with E-state index in [4.69, 9.17) is 4.74 Å². The van der Waals surface area contributed by atoms with Gasteiger partial charge in [0.15, 0.2) is 0 Å². The summed E-state index contributed by atoms with van der Waals surface area (Å²) in [7, 11) is -1.61. The highest BCUT2D eigenvalue weighted by atomic mass is 79.9. The van der Waals surface area contributed by atoms with Crippen LogP contribution in [0.1, 0.15) is 25.7 Å². The molecular formula is C13H19BrN4O3S. The first-order chi connectivity index (χ1) is 10.5. The van der Waals surface area contributed by atoms with E-state index in [-0.39, 0.29) is 11.3 Å². The number of ether oxygens (including phenoxy) is 1. The van der Waals surface area contributed by atoms with Gasteiger partial charge < -0.3 is 9.64 Å². The number of nitrogens with zero attached hydrogens (tertiary/aromatic N) is 3. The van der Waals surface area contributed by atoms with E-state index in [1.165, 1.54) is 0 Å². The second kappa shape index (κ2) is 6.29. The maximum absolute atomic E-state index is 12.1. The van der Waals surface area contributed by atoms with Crippen LogP contribution in [-0.4, -0.2) is 49.9 Å². The number of nitrogens with one attached hydrogen (secondary N) is 1. The summed E-state index contributed by atoms with van der Waals surface area (Å²) in [4.78, 5) is 10.7. The van der Waals surface area contributed by atoms with E-state index < -0.39 is 10.0 Å². The van der Waals surface area contributed by atoms with Gasteiger partial charge in [-0.1, -0.05) is 0 Å². The van der Waals surface area contributed by atoms with Crippen molar-refractivity contribution < 1.29 is 13.2 Å². The van der Waals surface area contributed by atoms with E-state index in [0.29, 0.717) is 22.8 Å². The summed E-state index contributed by atoms with van der Waals surface area (Å²) in [6.45, 7) is 1.39. The summed E-state index contributed by atoms with van der Waals surface area (Å²) in [6.07, 6.45) is 4.95. The average Bonchev–Trinajstić information content (AvgIpc) is 3.33. The van der Waals surface area contributed by atoms with Gasteiger partial charge in [0.2, 0.25) is 21.9 Å². The first-order valence-corrected chi connectivity index (χ1v) is 9.66. The smallest absolute Gasteiger partial charge is 0.232 e. The standard InChI is InChI=1S/C13H19BrN4O3S/c1-21-12-11(14)7-15-13(16-12)18-6-2-3-9(8-18)17-22(19,20)10-4-5-10/h7,9-10,17H,2-6,8H2,1H3. The largest absolute Gasteiger partial charge is 0.480 e. The lowest BCUT2D eigenvalue weighted by Crippen LogP contribution is -2.49. The number of sulfonamides is 1. The Labute approximate surface area is 138 Å². The molecule has 3 rings (SSSR count). The molecule has 1 aliphatic heterocycles. The minimum absolute atomic E-state index is 0.0856. The third-order valence-corrected chi connectivity index (χ3v) is 6.45. The molecule has 0 spiro atoms. The lowest BCUT2D eigenvalue weighted by molar-refractivity contribution is 0.392. The van der Waals surface area contributed by atoms with E-state index in [9.17, 15) is 8.42 Å². The summed E-state index contributed by atoms with van der Waals surface area (Å²) in [5, 5.41) is -0.188. The van der Waals surface area contributed by atoms with Gasteiger partial charge in [-0.15, -0.1) is 0 Å². The Kier molecular flexibility index (Phi) is 4.56. The molecule has 22 heavy (non-hydrogen) atoms. The average molecular weight is 391 g/mol. The number of hydrogen-bond donors (Lipinski definition) is 1. The molecular weight excluding hydrogens is 372 g/mol. The summed E-state index contributed by atoms with van der Waals surface area (Å²) in [5.41, 5.74) is 0. The summed E-state index contributed by atoms with van der Waals surface area (Å²) >= 11 is 3.33. The molecule has 0 radical (unpaired) electrons. The molecule has 7 nitrogen and oxygen atoms in total. The van der Waals surface area contributed by atoms with Gasteiger partial charge in [0.05, 0.1) is 23.0 Å². The number of rotatable bonds is 5. The maximum atomic E-state index is 12.1. The predicted octanol–water partition coefficient (Wildman–Crippen LogP) is 1.30. The van der Waals surface area contributed by atoms with E-state index in [2.05, 4.69) is 30.6 Å². The molecule has 2 fully saturated rings. The highest BCUT2D eigenvalue weighted by molar-refractivity contribution is 9.10. The van der Waals surface area contributed by atoms with Gasteiger partial charge >= 0.3 is 0 Å². The molecule has 1 N–H and O–H groups in total. The molecule has 0 bridgehead atoms. The Bertz CT molecular complexity index is 651. The van der Waals surface area contributed by atoms with Gasteiger partial charge in [-0.05, 0) is 41.6 Å². The zero-order chi connectivity index (χ0) is 15.7. The topological polar surface area (TPSA) is 84.4 Å². The van der Waals surface area contributed by atoms with Crippen molar-refractivity contribution in [3.8, 4) is 5.88 Å². The fourth-order valence-electron chi connectivity index (χ4n) is 2.60. The molecule has 2 heterocycles. The normalized spacial score (nSPS) is 22.6. The Morgan fingerprint density at radius 2 is 2.18 bits per heavy atom. The van der Waals surface area contributed by atoms with Crippen LogP contribution in [0.3, 0.4) is 0 Å². The molecule has 1 saturated heterocycles. The second-order valence-electron chi connectivity index (χ2n) is 5.67. The van der Waals surface area contributed by atoms with Crippen molar-refractivity contribution in [1.29, 1.82) is 0 Å². The maximum Gasteiger partial charge on any atom is 0.232 e. The van der Waals surface area contributed by atoms with Gasteiger partial charge in [-0.2, -0.15) is 4.98 Å². The van der Waals surface area contributed by atoms with Gasteiger partial charge in [0, 0.05) is 19.1 Å². The Balaban J connectivity index is 1.70. The zero-order valence-corrected chi connectivity index (χ0v) is 14.7. The number of halogens is 1. The molecule has 0 aromatic carbocycles. The van der Waals surface area contributed by atoms with Gasteiger partial charge in [0.25, 0.3) is 0 Å². The summed E-state index contributed by atoms with van der Waals surface area (Å²) in [5.74, 6) is 1.04. The van der Waals surface area contributed by atoms with Gasteiger partial charge in [0.1, 0.15) is 0 Å². The number of aromatic nitrogens is 2. The quantitative estimate of drug-likeness (QED) is 0.815. The molecule has 1 aromatic rings. The first kappa shape index (κ1) is 15.9. The number of methoxy groups -OCH3 is 1. The van der Waals surface area contributed by atoms with Crippen LogP contribution in [0, 0.1) is 0 Å². The van der Waals surface area contributed by atoms with Crippen molar-refractivity contribution in [2.45, 2.75) is 37.0 Å². The number of piperidine rings is 1. The van der Waals surface area contributed by atoms with Crippen LogP contribution in [0.25, 0.3) is 0 Å². The first-order valence-electron chi connectivity index (χ1n) is 7.32. The monoisotopic (exact) mass is 390 g/mol. The van der Waals surface area contributed by atoms with Crippen LogP contribution < -0.4 is 14.4 Å². The SMILES string of the molecule is COc1nc(N2CCCC(NS(=O)(=O)C3CC3)C2)ncc1Br.